The number of nitrogens with zero attached hydrogens (tertiary/aromatic N) is 7. The number of fused-ring (bicyclic) bond motifs is 1. The molecule has 0 aliphatic rings. The van der Waals surface area contributed by atoms with Gasteiger partial charge in [-0.2, -0.15) is 13.9 Å². The average molecular weight is 510 g/mol. The van der Waals surface area contributed by atoms with Crippen molar-refractivity contribution in [3.8, 4) is 17.5 Å². The number of aliphatic hydroxyl groups is 1. The molecule has 10 nitrogen and oxygen atoms in total. The molecular formula is C24H21F3N8O2. The number of pyridine rings is 1. The Morgan fingerprint density at radius 3 is 2.57 bits per heavy atom. The van der Waals surface area contributed by atoms with Gasteiger partial charge in [0.05, 0.1) is 28.5 Å². The lowest BCUT2D eigenvalue weighted by Crippen LogP contribution is -2.11. The Labute approximate surface area is 208 Å². The summed E-state index contributed by atoms with van der Waals surface area (Å²) in [5.74, 6) is 0.0947. The van der Waals surface area contributed by atoms with Crippen LogP contribution in [0.1, 0.15) is 30.0 Å². The molecule has 2 N–H and O–H groups in total. The van der Waals surface area contributed by atoms with Crippen molar-refractivity contribution in [1.82, 2.24) is 34.5 Å². The standard InChI is InChI=1S/C24H21F3N8O2/c1-12-4-6-20(32-31-12)29-17-10-18-19(9-16(17)25)34(11-28-18)21-7-5-15(14(3)36)23(30-21)35-13(2)8-22(33-35)37-24(26)27/h4-11,14,24,36H,1-3H3,(H,29,32)/t14-/m0/s1. The number of nitrogens with one attached hydrogen (secondary N) is 1. The van der Waals surface area contributed by atoms with Crippen LogP contribution in [0.5, 0.6) is 5.88 Å². The summed E-state index contributed by atoms with van der Waals surface area (Å²) in [6, 6.07) is 10.9. The van der Waals surface area contributed by atoms with E-state index in [1.54, 1.807) is 55.7 Å². The Morgan fingerprint density at radius 1 is 1.05 bits per heavy atom. The van der Waals surface area contributed by atoms with Gasteiger partial charge in [-0.3, -0.25) is 4.57 Å². The van der Waals surface area contributed by atoms with Gasteiger partial charge < -0.3 is 15.2 Å². The van der Waals surface area contributed by atoms with Crippen molar-refractivity contribution in [2.24, 2.45) is 0 Å². The summed E-state index contributed by atoms with van der Waals surface area (Å²) in [4.78, 5) is 8.97. The number of aromatic nitrogens is 7. The summed E-state index contributed by atoms with van der Waals surface area (Å²) in [6.45, 7) is 1.95. The van der Waals surface area contributed by atoms with Crippen LogP contribution in [0.4, 0.5) is 24.7 Å². The lowest BCUT2D eigenvalue weighted by atomic mass is 10.1. The molecule has 0 spiro atoms. The second-order valence-corrected chi connectivity index (χ2v) is 8.29. The van der Waals surface area contributed by atoms with Crippen LogP contribution in [0.2, 0.25) is 0 Å². The summed E-state index contributed by atoms with van der Waals surface area (Å²) in [5.41, 5.74) is 2.68. The van der Waals surface area contributed by atoms with E-state index in [0.29, 0.717) is 33.9 Å². The molecule has 5 aromatic rings. The van der Waals surface area contributed by atoms with Crippen LogP contribution >= 0.6 is 0 Å². The van der Waals surface area contributed by atoms with Crippen molar-refractivity contribution >= 4 is 22.5 Å². The highest BCUT2D eigenvalue weighted by Crippen LogP contribution is 2.29. The fraction of sp³-hybridized carbons (Fsp3) is 0.208. The monoisotopic (exact) mass is 510 g/mol. The summed E-state index contributed by atoms with van der Waals surface area (Å²) in [5, 5.41) is 25.2. The first kappa shape index (κ1) is 24.2. The van der Waals surface area contributed by atoms with Gasteiger partial charge in [0.25, 0.3) is 0 Å². The van der Waals surface area contributed by atoms with Crippen LogP contribution < -0.4 is 10.1 Å². The first-order valence-electron chi connectivity index (χ1n) is 11.1. The number of alkyl halides is 2. The van der Waals surface area contributed by atoms with E-state index < -0.39 is 18.5 Å². The molecule has 13 heteroatoms. The van der Waals surface area contributed by atoms with Crippen molar-refractivity contribution < 1.29 is 23.0 Å². The normalized spacial score (nSPS) is 12.3. The summed E-state index contributed by atoms with van der Waals surface area (Å²) < 4.78 is 47.7. The number of ether oxygens (including phenoxy) is 1. The third kappa shape index (κ3) is 4.80. The maximum Gasteiger partial charge on any atom is 0.388 e. The number of imidazole rings is 1. The molecule has 0 aliphatic heterocycles. The molecule has 190 valence electrons. The molecular weight excluding hydrogens is 489 g/mol. The van der Waals surface area contributed by atoms with Gasteiger partial charge in [0, 0.05) is 23.4 Å². The smallest absolute Gasteiger partial charge is 0.388 e. The third-order valence-electron chi connectivity index (χ3n) is 5.56. The molecule has 0 aliphatic carbocycles. The number of benzene rings is 1. The predicted octanol–water partition coefficient (Wildman–Crippen LogP) is 4.55. The highest BCUT2D eigenvalue weighted by atomic mass is 19.3. The number of aryl methyl sites for hydroxylation is 2. The highest BCUT2D eigenvalue weighted by Gasteiger charge is 2.19. The number of hydrogen-bond donors (Lipinski definition) is 2. The van der Waals surface area contributed by atoms with Crippen molar-refractivity contribution in [3.05, 3.63) is 71.6 Å². The number of aliphatic hydroxyl groups excluding tert-OH is 1. The Kier molecular flexibility index (Phi) is 6.21. The van der Waals surface area contributed by atoms with E-state index in [2.05, 4.69) is 35.3 Å². The average Bonchev–Trinajstić information content (AvgIpc) is 3.42. The van der Waals surface area contributed by atoms with E-state index in [-0.39, 0.29) is 17.4 Å². The number of rotatable bonds is 7. The van der Waals surface area contributed by atoms with Crippen molar-refractivity contribution in [2.45, 2.75) is 33.5 Å². The van der Waals surface area contributed by atoms with Crippen molar-refractivity contribution in [2.75, 3.05) is 5.32 Å². The Hall–Kier alpha value is -4.52. The molecule has 0 saturated carbocycles. The molecule has 1 aromatic carbocycles. The fourth-order valence-corrected chi connectivity index (χ4v) is 3.80. The molecule has 0 bridgehead atoms. The van der Waals surface area contributed by atoms with Crippen LogP contribution in [0, 0.1) is 19.7 Å². The first-order chi connectivity index (χ1) is 17.7. The zero-order valence-electron chi connectivity index (χ0n) is 19.9. The van der Waals surface area contributed by atoms with Gasteiger partial charge in [-0.25, -0.2) is 19.0 Å². The SMILES string of the molecule is Cc1ccc(Nc2cc3ncn(-c4ccc([C@H](C)O)c(-n5nc(OC(F)F)cc5C)n4)c3cc2F)nn1. The van der Waals surface area contributed by atoms with Gasteiger partial charge in [-0.15, -0.1) is 10.2 Å². The largest absolute Gasteiger partial charge is 0.415 e. The summed E-state index contributed by atoms with van der Waals surface area (Å²) in [7, 11) is 0. The van der Waals surface area contributed by atoms with Gasteiger partial charge in [-0.1, -0.05) is 0 Å². The molecule has 4 heterocycles. The second-order valence-electron chi connectivity index (χ2n) is 8.29. The maximum absolute atomic E-state index is 15.0. The van der Waals surface area contributed by atoms with Crippen LogP contribution in [0.15, 0.2) is 48.8 Å². The zero-order valence-corrected chi connectivity index (χ0v) is 19.9. The minimum Gasteiger partial charge on any atom is -0.415 e. The lowest BCUT2D eigenvalue weighted by Gasteiger charge is -2.15. The van der Waals surface area contributed by atoms with Crippen LogP contribution in [0.25, 0.3) is 22.7 Å². The molecule has 0 radical (unpaired) electrons. The third-order valence-corrected chi connectivity index (χ3v) is 5.56. The second kappa shape index (κ2) is 9.50. The molecule has 0 amide bonds. The number of halogens is 3. The minimum absolute atomic E-state index is 0.174. The molecule has 1 atom stereocenters. The van der Waals surface area contributed by atoms with Crippen molar-refractivity contribution in [1.29, 1.82) is 0 Å². The van der Waals surface area contributed by atoms with Crippen LogP contribution in [-0.4, -0.2) is 46.2 Å². The van der Waals surface area contributed by atoms with Gasteiger partial charge >= 0.3 is 6.61 Å². The molecule has 37 heavy (non-hydrogen) atoms. The molecule has 0 fully saturated rings. The Morgan fingerprint density at radius 2 is 1.86 bits per heavy atom. The van der Waals surface area contributed by atoms with E-state index in [4.69, 9.17) is 0 Å². The first-order valence-corrected chi connectivity index (χ1v) is 11.1. The number of anilines is 2. The Balaban J connectivity index is 1.56. The van der Waals surface area contributed by atoms with Gasteiger partial charge in [0.15, 0.2) is 11.6 Å². The predicted molar refractivity (Wildman–Crippen MR) is 128 cm³/mol. The maximum atomic E-state index is 15.0. The molecule has 5 rings (SSSR count). The van der Waals surface area contributed by atoms with E-state index in [1.165, 1.54) is 23.1 Å². The lowest BCUT2D eigenvalue weighted by molar-refractivity contribution is -0.0530. The van der Waals surface area contributed by atoms with Crippen LogP contribution in [0.3, 0.4) is 0 Å². The van der Waals surface area contributed by atoms with E-state index in [0.717, 1.165) is 5.69 Å². The molecule has 0 saturated heterocycles. The Bertz CT molecular complexity index is 1580. The fourth-order valence-electron chi connectivity index (χ4n) is 3.80. The quantitative estimate of drug-likeness (QED) is 0.328. The molecule has 4 aromatic heterocycles. The van der Waals surface area contributed by atoms with E-state index in [9.17, 15) is 13.9 Å². The zero-order chi connectivity index (χ0) is 26.3. The van der Waals surface area contributed by atoms with Gasteiger partial charge in [0.2, 0.25) is 5.88 Å². The summed E-state index contributed by atoms with van der Waals surface area (Å²) in [6.07, 6.45) is 0.546. The summed E-state index contributed by atoms with van der Waals surface area (Å²) >= 11 is 0. The van der Waals surface area contributed by atoms with Crippen molar-refractivity contribution in [3.63, 3.8) is 0 Å². The number of hydrogen-bond acceptors (Lipinski definition) is 8. The topological polar surface area (TPSA) is 116 Å². The van der Waals surface area contributed by atoms with Gasteiger partial charge in [0.1, 0.15) is 18.0 Å². The molecule has 0 unspecified atom stereocenters. The van der Waals surface area contributed by atoms with E-state index in [1.807, 2.05) is 0 Å². The highest BCUT2D eigenvalue weighted by molar-refractivity contribution is 5.82. The minimum atomic E-state index is -3.04. The van der Waals surface area contributed by atoms with E-state index >= 15 is 4.39 Å². The van der Waals surface area contributed by atoms with Gasteiger partial charge in [-0.05, 0) is 51.1 Å². The van der Waals surface area contributed by atoms with Crippen LogP contribution in [-0.2, 0) is 0 Å².